The van der Waals surface area contributed by atoms with E-state index in [-0.39, 0.29) is 17.9 Å². The van der Waals surface area contributed by atoms with E-state index in [1.54, 1.807) is 41.2 Å². The van der Waals surface area contributed by atoms with E-state index in [1.807, 2.05) is 31.3 Å². The molecule has 0 radical (unpaired) electrons. The first-order valence-corrected chi connectivity index (χ1v) is 11.7. The van der Waals surface area contributed by atoms with Gasteiger partial charge in [0.15, 0.2) is 5.65 Å². The third kappa shape index (κ3) is 4.40. The van der Waals surface area contributed by atoms with Crippen LogP contribution in [0.5, 0.6) is 0 Å². The predicted octanol–water partition coefficient (Wildman–Crippen LogP) is 3.76. The second kappa shape index (κ2) is 9.03. The number of carbonyl (C=O) groups is 1. The summed E-state index contributed by atoms with van der Waals surface area (Å²) in [6.07, 6.45) is 5.43. The fraction of sp³-hybridized carbons (Fsp3) is 0.435. The number of aromatic nitrogens is 6. The minimum atomic E-state index is 0.0231. The second-order valence-electron chi connectivity index (χ2n) is 8.90. The third-order valence-corrected chi connectivity index (χ3v) is 7.07. The van der Waals surface area contributed by atoms with Crippen molar-refractivity contribution in [2.45, 2.75) is 39.7 Å². The van der Waals surface area contributed by atoms with E-state index >= 15 is 0 Å². The lowest BCUT2D eigenvalue weighted by molar-refractivity contribution is -0.130. The molecule has 4 aromatic rings. The van der Waals surface area contributed by atoms with Gasteiger partial charge in [-0.05, 0) is 38.4 Å². The number of hydrogen-bond donors (Lipinski definition) is 1. The smallest absolute Gasteiger partial charge is 0.236 e. The molecule has 0 aliphatic rings. The van der Waals surface area contributed by atoms with Crippen molar-refractivity contribution in [3.05, 3.63) is 40.9 Å². The highest BCUT2D eigenvalue weighted by Gasteiger charge is 2.24. The number of likely N-dealkylation sites (N-methyl/N-ethyl adjacent to an activating group) is 2. The Bertz CT molecular complexity index is 1280. The molecule has 1 N–H and O–H groups in total. The van der Waals surface area contributed by atoms with Crippen LogP contribution in [0.2, 0.25) is 0 Å². The van der Waals surface area contributed by atoms with E-state index in [4.69, 9.17) is 5.10 Å². The van der Waals surface area contributed by atoms with Gasteiger partial charge in [-0.15, -0.1) is 11.3 Å². The summed E-state index contributed by atoms with van der Waals surface area (Å²) >= 11 is 1.63. The van der Waals surface area contributed by atoms with Crippen LogP contribution in [0, 0.1) is 6.92 Å². The average Bonchev–Trinajstić information content (AvgIpc) is 3.50. The minimum Gasteiger partial charge on any atom is -0.348 e. The standard InChI is InChI=1S/C23H30N8OS/c1-13(2)19-20(16-8-14(3)22-25-12-26-31(22)10-16)27-28-21(19)17-9-24-23(33-17)15(4)30(7)11-18(32)29(5)6/h8-10,12-13,15H,11H2,1-7H3,(H,27,28). The summed E-state index contributed by atoms with van der Waals surface area (Å²) < 4.78 is 1.79. The quantitative estimate of drug-likeness (QED) is 0.446. The van der Waals surface area contributed by atoms with Crippen molar-refractivity contribution >= 4 is 22.9 Å². The number of carbonyl (C=O) groups excluding carboxylic acids is 1. The molecule has 1 atom stereocenters. The van der Waals surface area contributed by atoms with Crippen molar-refractivity contribution in [3.63, 3.8) is 0 Å². The van der Waals surface area contributed by atoms with Gasteiger partial charge in [0.1, 0.15) is 11.3 Å². The maximum absolute atomic E-state index is 12.1. The van der Waals surface area contributed by atoms with E-state index in [9.17, 15) is 4.79 Å². The number of H-pyrrole nitrogens is 1. The first-order valence-electron chi connectivity index (χ1n) is 10.9. The molecule has 4 rings (SSSR count). The van der Waals surface area contributed by atoms with Gasteiger partial charge >= 0.3 is 0 Å². The molecule has 10 heteroatoms. The molecular weight excluding hydrogens is 436 g/mol. The lowest BCUT2D eigenvalue weighted by Crippen LogP contribution is -2.35. The summed E-state index contributed by atoms with van der Waals surface area (Å²) in [5, 5.41) is 13.2. The van der Waals surface area contributed by atoms with E-state index in [1.165, 1.54) is 0 Å². The number of fused-ring (bicyclic) bond motifs is 1. The van der Waals surface area contributed by atoms with Crippen molar-refractivity contribution in [1.29, 1.82) is 0 Å². The third-order valence-electron chi connectivity index (χ3n) is 5.89. The zero-order valence-corrected chi connectivity index (χ0v) is 20.9. The maximum Gasteiger partial charge on any atom is 0.236 e. The second-order valence-corrected chi connectivity index (χ2v) is 9.96. The summed E-state index contributed by atoms with van der Waals surface area (Å²) in [7, 11) is 5.49. The molecule has 0 bridgehead atoms. The van der Waals surface area contributed by atoms with Crippen molar-refractivity contribution < 1.29 is 4.79 Å². The summed E-state index contributed by atoms with van der Waals surface area (Å²) in [5.41, 5.74) is 5.94. The van der Waals surface area contributed by atoms with Crippen LogP contribution in [-0.4, -0.2) is 73.2 Å². The molecule has 0 aromatic carbocycles. The highest BCUT2D eigenvalue weighted by atomic mass is 32.1. The largest absolute Gasteiger partial charge is 0.348 e. The Labute approximate surface area is 197 Å². The normalized spacial score (nSPS) is 12.8. The summed E-state index contributed by atoms with van der Waals surface area (Å²) in [6.45, 7) is 8.79. The van der Waals surface area contributed by atoms with E-state index in [2.05, 4.69) is 47.0 Å². The number of pyridine rings is 1. The van der Waals surface area contributed by atoms with Crippen LogP contribution < -0.4 is 0 Å². The van der Waals surface area contributed by atoms with Crippen LogP contribution >= 0.6 is 11.3 Å². The Hall–Kier alpha value is -3.11. The zero-order valence-electron chi connectivity index (χ0n) is 20.1. The predicted molar refractivity (Wildman–Crippen MR) is 130 cm³/mol. The minimum absolute atomic E-state index is 0.0231. The molecule has 0 fully saturated rings. The topological polar surface area (TPSA) is 95.3 Å². The van der Waals surface area contributed by atoms with Gasteiger partial charge in [0.25, 0.3) is 0 Å². The highest BCUT2D eigenvalue weighted by molar-refractivity contribution is 7.15. The van der Waals surface area contributed by atoms with Crippen LogP contribution in [0.25, 0.3) is 27.5 Å². The van der Waals surface area contributed by atoms with Crippen molar-refractivity contribution in [2.75, 3.05) is 27.7 Å². The van der Waals surface area contributed by atoms with Gasteiger partial charge in [-0.2, -0.15) is 10.2 Å². The molecule has 1 unspecified atom stereocenters. The number of thiazole rings is 1. The number of rotatable bonds is 7. The fourth-order valence-electron chi connectivity index (χ4n) is 3.82. The number of aryl methyl sites for hydroxylation is 1. The van der Waals surface area contributed by atoms with Crippen LogP contribution in [0.15, 0.2) is 24.8 Å². The fourth-order valence-corrected chi connectivity index (χ4v) is 4.86. The monoisotopic (exact) mass is 466 g/mol. The van der Waals surface area contributed by atoms with Crippen molar-refractivity contribution in [1.82, 2.24) is 39.6 Å². The number of nitrogens with zero attached hydrogens (tertiary/aromatic N) is 7. The Morgan fingerprint density at radius 3 is 2.67 bits per heavy atom. The molecule has 4 aromatic heterocycles. The Balaban J connectivity index is 1.67. The van der Waals surface area contributed by atoms with Crippen LogP contribution in [-0.2, 0) is 4.79 Å². The Morgan fingerprint density at radius 2 is 1.97 bits per heavy atom. The molecule has 4 heterocycles. The molecule has 9 nitrogen and oxygen atoms in total. The van der Waals surface area contributed by atoms with E-state index in [0.717, 1.165) is 43.6 Å². The molecule has 0 saturated heterocycles. The number of amides is 1. The number of nitrogens with one attached hydrogen (secondary N) is 1. The number of hydrogen-bond acceptors (Lipinski definition) is 7. The first kappa shape index (κ1) is 23.1. The van der Waals surface area contributed by atoms with E-state index < -0.39 is 0 Å². The van der Waals surface area contributed by atoms with Gasteiger partial charge in [0.2, 0.25) is 5.91 Å². The maximum atomic E-state index is 12.1. The van der Waals surface area contributed by atoms with Gasteiger partial charge in [0.05, 0.1) is 28.9 Å². The molecule has 0 saturated carbocycles. The Morgan fingerprint density at radius 1 is 1.21 bits per heavy atom. The molecule has 0 aliphatic heterocycles. The summed E-state index contributed by atoms with van der Waals surface area (Å²) in [6, 6.07) is 2.13. The average molecular weight is 467 g/mol. The zero-order chi connectivity index (χ0) is 23.9. The summed E-state index contributed by atoms with van der Waals surface area (Å²) in [5.74, 6) is 0.324. The van der Waals surface area contributed by atoms with Crippen LogP contribution in [0.3, 0.4) is 0 Å². The molecular formula is C23H30N8OS. The van der Waals surface area contributed by atoms with Gasteiger partial charge in [0, 0.05) is 37.6 Å². The van der Waals surface area contributed by atoms with Gasteiger partial charge in [-0.25, -0.2) is 14.5 Å². The lowest BCUT2D eigenvalue weighted by atomic mass is 9.96. The van der Waals surface area contributed by atoms with Crippen molar-refractivity contribution in [3.8, 4) is 21.8 Å². The SMILES string of the molecule is Cc1cc(-c2n[nH]c(-c3cnc(C(C)N(C)CC(=O)N(C)C)s3)c2C(C)C)cn2ncnc12. The van der Waals surface area contributed by atoms with Crippen LogP contribution in [0.4, 0.5) is 0 Å². The highest BCUT2D eigenvalue weighted by Crippen LogP contribution is 2.39. The van der Waals surface area contributed by atoms with Crippen molar-refractivity contribution in [2.24, 2.45) is 0 Å². The van der Waals surface area contributed by atoms with Crippen LogP contribution in [0.1, 0.15) is 48.9 Å². The first-order chi connectivity index (χ1) is 15.7. The lowest BCUT2D eigenvalue weighted by Gasteiger charge is -2.23. The van der Waals surface area contributed by atoms with Gasteiger partial charge in [-0.1, -0.05) is 13.8 Å². The van der Waals surface area contributed by atoms with E-state index in [0.29, 0.717) is 6.54 Å². The summed E-state index contributed by atoms with van der Waals surface area (Å²) in [4.78, 5) is 25.8. The molecule has 174 valence electrons. The van der Waals surface area contributed by atoms with Gasteiger partial charge < -0.3 is 4.90 Å². The molecule has 0 aliphatic carbocycles. The number of aromatic amines is 1. The molecule has 33 heavy (non-hydrogen) atoms. The Kier molecular flexibility index (Phi) is 6.31. The molecule has 1 amide bonds. The molecule has 0 spiro atoms. The van der Waals surface area contributed by atoms with Gasteiger partial charge in [-0.3, -0.25) is 14.8 Å².